The summed E-state index contributed by atoms with van der Waals surface area (Å²) in [5.74, 6) is 0. The Morgan fingerprint density at radius 3 is 2.40 bits per heavy atom. The number of nitrogens with zero attached hydrogens (tertiary/aromatic N) is 1. The molecule has 10 heavy (non-hydrogen) atoms. The molecule has 1 unspecified atom stereocenters. The van der Waals surface area contributed by atoms with Crippen LogP contribution >= 0.6 is 0 Å². The second kappa shape index (κ2) is 3.46. The molecule has 0 saturated carbocycles. The van der Waals surface area contributed by atoms with Crippen LogP contribution in [0.25, 0.3) is 0 Å². The summed E-state index contributed by atoms with van der Waals surface area (Å²) >= 11 is 0. The van der Waals surface area contributed by atoms with Crippen LogP contribution in [0.1, 0.15) is 6.92 Å². The van der Waals surface area contributed by atoms with Gasteiger partial charge in [0, 0.05) is 31.9 Å². The van der Waals surface area contributed by atoms with Crippen molar-refractivity contribution in [1.29, 1.82) is 0 Å². The molecule has 0 aromatic heterocycles. The summed E-state index contributed by atoms with van der Waals surface area (Å²) in [7, 11) is -0.789. The summed E-state index contributed by atoms with van der Waals surface area (Å²) in [5, 5.41) is 3.15. The number of hydrogen-bond donors (Lipinski definition) is 1. The predicted molar refractivity (Wildman–Crippen MR) is 43.1 cm³/mol. The van der Waals surface area contributed by atoms with Crippen LogP contribution in [-0.4, -0.2) is 40.4 Å². The number of likely N-dealkylation sites (N-methyl/N-ethyl adjacent to an activating group) is 1. The second-order valence-electron chi connectivity index (χ2n) is 2.47. The minimum Gasteiger partial charge on any atom is -0.313 e. The Morgan fingerprint density at radius 1 is 1.70 bits per heavy atom. The molecule has 60 valence electrons. The molecule has 0 amide bonds. The highest BCUT2D eigenvalue weighted by atomic mass is 32.2. The van der Waals surface area contributed by atoms with E-state index >= 15 is 0 Å². The molecule has 1 heterocycles. The number of hydrogen-bond acceptors (Lipinski definition) is 2. The topological polar surface area (TPSA) is 32.3 Å². The van der Waals surface area contributed by atoms with Gasteiger partial charge in [0.25, 0.3) is 0 Å². The van der Waals surface area contributed by atoms with Gasteiger partial charge in [-0.05, 0) is 0 Å². The molecule has 1 atom stereocenters. The molecule has 0 aromatic rings. The van der Waals surface area contributed by atoms with Gasteiger partial charge >= 0.3 is 0 Å². The van der Waals surface area contributed by atoms with Gasteiger partial charge in [0.05, 0.1) is 11.0 Å². The van der Waals surface area contributed by atoms with E-state index in [0.29, 0.717) is 6.04 Å². The van der Waals surface area contributed by atoms with Gasteiger partial charge < -0.3 is 5.32 Å². The van der Waals surface area contributed by atoms with E-state index in [1.165, 1.54) is 0 Å². The zero-order valence-electron chi connectivity index (χ0n) is 6.46. The van der Waals surface area contributed by atoms with Crippen LogP contribution < -0.4 is 5.32 Å². The van der Waals surface area contributed by atoms with Crippen molar-refractivity contribution in [3.8, 4) is 0 Å². The fraction of sp³-hybridized carbons (Fsp3) is 1.00. The molecule has 1 saturated heterocycles. The lowest BCUT2D eigenvalue weighted by atomic mass is 10.2. The molecular formula is C6H14N2OS. The Morgan fingerprint density at radius 2 is 2.30 bits per heavy atom. The van der Waals surface area contributed by atoms with E-state index in [0.717, 1.165) is 19.6 Å². The Balaban J connectivity index is 2.39. The first-order valence-corrected chi connectivity index (χ1v) is 5.08. The Kier molecular flexibility index (Phi) is 2.82. The minimum absolute atomic E-state index is 0.510. The normalized spacial score (nSPS) is 22.7. The van der Waals surface area contributed by atoms with E-state index in [9.17, 15) is 4.21 Å². The number of rotatable bonds is 3. The molecule has 1 fully saturated rings. The second-order valence-corrected chi connectivity index (χ2v) is 3.79. The highest BCUT2D eigenvalue weighted by Gasteiger charge is 2.25. The van der Waals surface area contributed by atoms with Crippen molar-refractivity contribution in [2.75, 3.05) is 25.9 Å². The van der Waals surface area contributed by atoms with Crippen molar-refractivity contribution in [2.24, 2.45) is 0 Å². The van der Waals surface area contributed by atoms with Crippen molar-refractivity contribution >= 4 is 11.0 Å². The zero-order chi connectivity index (χ0) is 7.56. The van der Waals surface area contributed by atoms with E-state index in [-0.39, 0.29) is 0 Å². The van der Waals surface area contributed by atoms with Gasteiger partial charge in [0.2, 0.25) is 0 Å². The maximum atomic E-state index is 11.0. The van der Waals surface area contributed by atoms with Gasteiger partial charge in [-0.3, -0.25) is 0 Å². The molecule has 1 rings (SSSR count). The lowest BCUT2D eigenvalue weighted by molar-refractivity contribution is 0.261. The van der Waals surface area contributed by atoms with Gasteiger partial charge in [-0.15, -0.1) is 0 Å². The van der Waals surface area contributed by atoms with Crippen LogP contribution in [0.15, 0.2) is 0 Å². The van der Waals surface area contributed by atoms with Crippen molar-refractivity contribution in [3.05, 3.63) is 0 Å². The van der Waals surface area contributed by atoms with Gasteiger partial charge in [0.15, 0.2) is 0 Å². The quantitative estimate of drug-likeness (QED) is 0.611. The lowest BCUT2D eigenvalue weighted by Gasteiger charge is -2.35. The first kappa shape index (κ1) is 8.17. The summed E-state index contributed by atoms with van der Waals surface area (Å²) in [6, 6.07) is 0.510. The Labute approximate surface area is 64.4 Å². The highest BCUT2D eigenvalue weighted by molar-refractivity contribution is 7.81. The van der Waals surface area contributed by atoms with E-state index in [2.05, 4.69) is 5.32 Å². The van der Waals surface area contributed by atoms with Crippen molar-refractivity contribution in [2.45, 2.75) is 13.0 Å². The van der Waals surface area contributed by atoms with Gasteiger partial charge in [-0.25, -0.2) is 8.51 Å². The maximum absolute atomic E-state index is 11.0. The smallest absolute Gasteiger partial charge is 0.0914 e. The molecule has 1 N–H and O–H groups in total. The van der Waals surface area contributed by atoms with E-state index < -0.39 is 11.0 Å². The van der Waals surface area contributed by atoms with Gasteiger partial charge in [-0.1, -0.05) is 6.92 Å². The van der Waals surface area contributed by atoms with Crippen LogP contribution in [0, 0.1) is 0 Å². The summed E-state index contributed by atoms with van der Waals surface area (Å²) in [6.07, 6.45) is 1.74. The zero-order valence-corrected chi connectivity index (χ0v) is 7.28. The van der Waals surface area contributed by atoms with Crippen molar-refractivity contribution in [1.82, 2.24) is 9.62 Å². The third-order valence-corrected chi connectivity index (χ3v) is 3.03. The molecule has 0 spiro atoms. The largest absolute Gasteiger partial charge is 0.313 e. The Bertz CT molecular complexity index is 136. The number of nitrogens with one attached hydrogen (secondary N) is 1. The molecular weight excluding hydrogens is 148 g/mol. The monoisotopic (exact) mass is 162 g/mol. The van der Waals surface area contributed by atoms with Crippen LogP contribution in [0.5, 0.6) is 0 Å². The lowest BCUT2D eigenvalue weighted by Crippen LogP contribution is -2.57. The summed E-state index contributed by atoms with van der Waals surface area (Å²) in [6.45, 7) is 4.91. The first-order valence-electron chi connectivity index (χ1n) is 3.56. The molecule has 0 aliphatic carbocycles. The van der Waals surface area contributed by atoms with Crippen LogP contribution in [-0.2, 0) is 11.0 Å². The maximum Gasteiger partial charge on any atom is 0.0914 e. The third kappa shape index (κ3) is 1.56. The molecule has 1 aliphatic heterocycles. The van der Waals surface area contributed by atoms with Crippen LogP contribution in [0.2, 0.25) is 0 Å². The fourth-order valence-electron chi connectivity index (χ4n) is 1.13. The summed E-state index contributed by atoms with van der Waals surface area (Å²) < 4.78 is 13.0. The molecule has 0 radical (unpaired) electrons. The van der Waals surface area contributed by atoms with E-state index in [1.54, 1.807) is 6.26 Å². The third-order valence-electron chi connectivity index (χ3n) is 1.81. The van der Waals surface area contributed by atoms with E-state index in [1.807, 2.05) is 11.2 Å². The fourth-order valence-corrected chi connectivity index (χ4v) is 2.06. The standard InChI is InChI=1S/C6H14N2OS/c1-3-8(10(2)9)6-4-7-5-6/h6-7H,3-5H2,1-2H3. The summed E-state index contributed by atoms with van der Waals surface area (Å²) in [4.78, 5) is 0. The van der Waals surface area contributed by atoms with Crippen molar-refractivity contribution < 1.29 is 4.21 Å². The molecule has 3 nitrogen and oxygen atoms in total. The van der Waals surface area contributed by atoms with Crippen LogP contribution in [0.4, 0.5) is 0 Å². The first-order chi connectivity index (χ1) is 4.75. The van der Waals surface area contributed by atoms with Gasteiger partial charge in [0.1, 0.15) is 0 Å². The highest BCUT2D eigenvalue weighted by Crippen LogP contribution is 2.05. The minimum atomic E-state index is -0.789. The van der Waals surface area contributed by atoms with Gasteiger partial charge in [-0.2, -0.15) is 0 Å². The molecule has 1 aliphatic rings. The molecule has 0 bridgehead atoms. The molecule has 4 heteroatoms. The Hall–Kier alpha value is 0.0700. The van der Waals surface area contributed by atoms with Crippen LogP contribution in [0.3, 0.4) is 0 Å². The summed E-state index contributed by atoms with van der Waals surface area (Å²) in [5.41, 5.74) is 0. The average Bonchev–Trinajstić information content (AvgIpc) is 1.76. The average molecular weight is 162 g/mol. The van der Waals surface area contributed by atoms with Crippen molar-refractivity contribution in [3.63, 3.8) is 0 Å². The SMILES string of the molecule is CCN(C1CNC1)S(C)=O. The van der Waals surface area contributed by atoms with E-state index in [4.69, 9.17) is 0 Å². The predicted octanol–water partition coefficient (Wildman–Crippen LogP) is -0.426. The molecule has 0 aromatic carbocycles.